The summed E-state index contributed by atoms with van der Waals surface area (Å²) in [5.74, 6) is 0.342. The van der Waals surface area contributed by atoms with E-state index in [0.29, 0.717) is 17.8 Å². The van der Waals surface area contributed by atoms with E-state index in [4.69, 9.17) is 15.9 Å². The van der Waals surface area contributed by atoms with Crippen LogP contribution >= 0.6 is 0 Å². The van der Waals surface area contributed by atoms with Crippen LogP contribution < -0.4 is 16.4 Å². The summed E-state index contributed by atoms with van der Waals surface area (Å²) in [5.41, 5.74) is 12.8. The minimum Gasteiger partial charge on any atom is -0.467 e. The highest BCUT2D eigenvalue weighted by molar-refractivity contribution is 5.99. The van der Waals surface area contributed by atoms with Crippen molar-refractivity contribution in [1.29, 1.82) is 0 Å². The molecule has 1 amide bonds. The molecule has 0 unspecified atom stereocenters. The molecule has 2 rings (SSSR count). The predicted molar refractivity (Wildman–Crippen MR) is 74.8 cm³/mol. The first kappa shape index (κ1) is 13.0. The molecule has 0 aliphatic rings. The van der Waals surface area contributed by atoms with Crippen molar-refractivity contribution in [1.82, 2.24) is 0 Å². The van der Waals surface area contributed by atoms with Gasteiger partial charge in [-0.05, 0) is 37.3 Å². The van der Waals surface area contributed by atoms with E-state index < -0.39 is 5.91 Å². The summed E-state index contributed by atoms with van der Waals surface area (Å²) in [5, 5.41) is 0. The summed E-state index contributed by atoms with van der Waals surface area (Å²) in [6.07, 6.45) is 1.63. The number of amides is 1. The second kappa shape index (κ2) is 5.48. The highest BCUT2D eigenvalue weighted by Gasteiger charge is 2.15. The van der Waals surface area contributed by atoms with Crippen molar-refractivity contribution < 1.29 is 9.21 Å². The van der Waals surface area contributed by atoms with Gasteiger partial charge < -0.3 is 20.8 Å². The van der Waals surface area contributed by atoms with Crippen molar-refractivity contribution in [3.05, 3.63) is 47.9 Å². The fourth-order valence-corrected chi connectivity index (χ4v) is 1.98. The predicted octanol–water partition coefficient (Wildman–Crippen LogP) is 1.99. The average molecular weight is 259 g/mol. The van der Waals surface area contributed by atoms with E-state index in [-0.39, 0.29) is 0 Å². The van der Waals surface area contributed by atoms with Crippen LogP contribution in [0.1, 0.15) is 23.0 Å². The summed E-state index contributed by atoms with van der Waals surface area (Å²) < 4.78 is 5.33. The quantitative estimate of drug-likeness (QED) is 0.804. The molecule has 1 heterocycles. The van der Waals surface area contributed by atoms with Crippen LogP contribution in [0.15, 0.2) is 41.0 Å². The zero-order valence-electron chi connectivity index (χ0n) is 10.8. The maximum atomic E-state index is 11.5. The van der Waals surface area contributed by atoms with Crippen molar-refractivity contribution in [2.45, 2.75) is 13.5 Å². The number of primary amides is 1. The monoisotopic (exact) mass is 259 g/mol. The first-order valence-electron chi connectivity index (χ1n) is 6.08. The number of nitrogens with zero attached hydrogens (tertiary/aromatic N) is 1. The van der Waals surface area contributed by atoms with E-state index in [0.717, 1.165) is 18.0 Å². The maximum absolute atomic E-state index is 11.5. The Kier molecular flexibility index (Phi) is 3.75. The number of anilines is 2. The van der Waals surface area contributed by atoms with E-state index in [1.54, 1.807) is 18.4 Å². The summed E-state index contributed by atoms with van der Waals surface area (Å²) in [6, 6.07) is 8.89. The number of nitrogens with two attached hydrogens (primary N) is 2. The number of rotatable bonds is 5. The van der Waals surface area contributed by atoms with E-state index in [1.807, 2.05) is 30.0 Å². The number of furan rings is 1. The van der Waals surface area contributed by atoms with Gasteiger partial charge in [-0.1, -0.05) is 0 Å². The average Bonchev–Trinajstić information content (AvgIpc) is 2.89. The molecule has 0 bridgehead atoms. The lowest BCUT2D eigenvalue weighted by Crippen LogP contribution is -2.25. The topological polar surface area (TPSA) is 85.5 Å². The van der Waals surface area contributed by atoms with Gasteiger partial charge in [0.15, 0.2) is 0 Å². The molecular formula is C14H17N3O2. The molecule has 0 aliphatic heterocycles. The fourth-order valence-electron chi connectivity index (χ4n) is 1.98. The minimum atomic E-state index is -0.486. The molecule has 0 spiro atoms. The highest BCUT2D eigenvalue weighted by atomic mass is 16.3. The van der Waals surface area contributed by atoms with E-state index in [1.165, 1.54) is 0 Å². The maximum Gasteiger partial charge on any atom is 0.250 e. The van der Waals surface area contributed by atoms with Gasteiger partial charge >= 0.3 is 0 Å². The number of carbonyl (C=O) groups excluding carboxylic acids is 1. The lowest BCUT2D eigenvalue weighted by Gasteiger charge is -2.24. The standard InChI is InChI=1S/C14H17N3O2/c1-2-17(9-11-4-3-7-19-11)13-6-5-10(15)8-12(13)14(16)18/h3-8H,2,9,15H2,1H3,(H2,16,18). The molecule has 0 radical (unpaired) electrons. The van der Waals surface area contributed by atoms with Crippen LogP contribution in [0.4, 0.5) is 11.4 Å². The molecule has 0 saturated heterocycles. The Morgan fingerprint density at radius 3 is 2.74 bits per heavy atom. The fraction of sp³-hybridized carbons (Fsp3) is 0.214. The van der Waals surface area contributed by atoms with Crippen molar-refractivity contribution in [2.24, 2.45) is 5.73 Å². The number of hydrogen-bond acceptors (Lipinski definition) is 4. The Labute approximate surface area is 111 Å². The lowest BCUT2D eigenvalue weighted by atomic mass is 10.1. The Balaban J connectivity index is 2.35. The van der Waals surface area contributed by atoms with Crippen molar-refractivity contribution in [2.75, 3.05) is 17.2 Å². The first-order chi connectivity index (χ1) is 9.11. The molecule has 5 heteroatoms. The SMILES string of the molecule is CCN(Cc1ccco1)c1ccc(N)cc1C(N)=O. The Morgan fingerprint density at radius 1 is 1.37 bits per heavy atom. The third kappa shape index (κ3) is 2.88. The minimum absolute atomic E-state index is 0.424. The van der Waals surface area contributed by atoms with E-state index in [2.05, 4.69) is 0 Å². The molecule has 2 aromatic rings. The Morgan fingerprint density at radius 2 is 2.16 bits per heavy atom. The zero-order valence-corrected chi connectivity index (χ0v) is 10.8. The normalized spacial score (nSPS) is 10.4. The number of hydrogen-bond donors (Lipinski definition) is 2. The molecule has 1 aromatic heterocycles. The zero-order chi connectivity index (χ0) is 13.8. The van der Waals surface area contributed by atoms with Gasteiger partial charge in [0, 0.05) is 12.2 Å². The number of nitrogen functional groups attached to an aromatic ring is 1. The second-order valence-electron chi connectivity index (χ2n) is 4.23. The molecule has 5 nitrogen and oxygen atoms in total. The van der Waals surface area contributed by atoms with Gasteiger partial charge in [-0.15, -0.1) is 0 Å². The van der Waals surface area contributed by atoms with Gasteiger partial charge in [-0.2, -0.15) is 0 Å². The van der Waals surface area contributed by atoms with Crippen molar-refractivity contribution in [3.63, 3.8) is 0 Å². The van der Waals surface area contributed by atoms with Gasteiger partial charge in [0.05, 0.1) is 24.1 Å². The van der Waals surface area contributed by atoms with Crippen LogP contribution in [0, 0.1) is 0 Å². The van der Waals surface area contributed by atoms with Gasteiger partial charge in [0.25, 0.3) is 5.91 Å². The molecule has 0 atom stereocenters. The number of benzene rings is 1. The van der Waals surface area contributed by atoms with Crippen LogP contribution in [-0.4, -0.2) is 12.5 Å². The third-order valence-corrected chi connectivity index (χ3v) is 2.94. The van der Waals surface area contributed by atoms with E-state index in [9.17, 15) is 4.79 Å². The van der Waals surface area contributed by atoms with Crippen LogP contribution in [0.25, 0.3) is 0 Å². The molecule has 100 valence electrons. The summed E-state index contributed by atoms with van der Waals surface area (Å²) in [7, 11) is 0. The van der Waals surface area contributed by atoms with Gasteiger partial charge in [0.1, 0.15) is 5.76 Å². The summed E-state index contributed by atoms with van der Waals surface area (Å²) in [4.78, 5) is 13.5. The van der Waals surface area contributed by atoms with Gasteiger partial charge in [0.2, 0.25) is 0 Å². The molecular weight excluding hydrogens is 242 g/mol. The lowest BCUT2D eigenvalue weighted by molar-refractivity contribution is 0.100. The Hall–Kier alpha value is -2.43. The smallest absolute Gasteiger partial charge is 0.250 e. The second-order valence-corrected chi connectivity index (χ2v) is 4.23. The molecule has 19 heavy (non-hydrogen) atoms. The van der Waals surface area contributed by atoms with Crippen molar-refractivity contribution >= 4 is 17.3 Å². The molecule has 0 saturated carbocycles. The Bertz CT molecular complexity index is 564. The molecule has 0 fully saturated rings. The van der Waals surface area contributed by atoms with Crippen molar-refractivity contribution in [3.8, 4) is 0 Å². The van der Waals surface area contributed by atoms with Gasteiger partial charge in [-0.25, -0.2) is 0 Å². The van der Waals surface area contributed by atoms with Crippen LogP contribution in [0.3, 0.4) is 0 Å². The molecule has 0 aliphatic carbocycles. The summed E-state index contributed by atoms with van der Waals surface area (Å²) in [6.45, 7) is 3.31. The van der Waals surface area contributed by atoms with Crippen LogP contribution in [-0.2, 0) is 6.54 Å². The van der Waals surface area contributed by atoms with Gasteiger partial charge in [-0.3, -0.25) is 4.79 Å². The summed E-state index contributed by atoms with van der Waals surface area (Å²) >= 11 is 0. The first-order valence-corrected chi connectivity index (χ1v) is 6.08. The number of carbonyl (C=O) groups is 1. The largest absolute Gasteiger partial charge is 0.467 e. The van der Waals surface area contributed by atoms with Crippen LogP contribution in [0.5, 0.6) is 0 Å². The molecule has 4 N–H and O–H groups in total. The molecule has 1 aromatic carbocycles. The van der Waals surface area contributed by atoms with Crippen LogP contribution in [0.2, 0.25) is 0 Å². The van der Waals surface area contributed by atoms with E-state index >= 15 is 0 Å². The third-order valence-electron chi connectivity index (χ3n) is 2.94. The highest BCUT2D eigenvalue weighted by Crippen LogP contribution is 2.24.